The van der Waals surface area contributed by atoms with Crippen LogP contribution < -0.4 is 5.32 Å². The molecule has 0 atom stereocenters. The van der Waals surface area contributed by atoms with E-state index >= 15 is 0 Å². The Bertz CT molecular complexity index is 135. The van der Waals surface area contributed by atoms with E-state index in [0.717, 1.165) is 0 Å². The topological polar surface area (TPSA) is 15.3 Å². The van der Waals surface area contributed by atoms with E-state index in [9.17, 15) is 0 Å². The van der Waals surface area contributed by atoms with Crippen molar-refractivity contribution in [1.29, 1.82) is 0 Å². The summed E-state index contributed by atoms with van der Waals surface area (Å²) < 4.78 is 0. The highest BCUT2D eigenvalue weighted by Gasteiger charge is 1.98. The predicted molar refractivity (Wildman–Crippen MR) is 74.0 cm³/mol. The third-order valence-corrected chi connectivity index (χ3v) is 2.91. The van der Waals surface area contributed by atoms with E-state index in [-0.39, 0.29) is 0 Å². The van der Waals surface area contributed by atoms with Gasteiger partial charge in [0, 0.05) is 6.04 Å². The van der Waals surface area contributed by atoms with Crippen LogP contribution in [0.5, 0.6) is 0 Å². The van der Waals surface area contributed by atoms with Crippen LogP contribution in [0.2, 0.25) is 0 Å². The lowest BCUT2D eigenvalue weighted by Crippen LogP contribution is -2.24. The summed E-state index contributed by atoms with van der Waals surface area (Å²) in [4.78, 5) is 2.48. The van der Waals surface area contributed by atoms with Gasteiger partial charge >= 0.3 is 0 Å². The maximum atomic E-state index is 3.46. The number of hydrogen-bond acceptors (Lipinski definition) is 2. The molecule has 1 N–H and O–H groups in total. The molecule has 0 unspecified atom stereocenters. The zero-order chi connectivity index (χ0) is 12.2. The zero-order valence-corrected chi connectivity index (χ0v) is 11.9. The number of nitrogens with one attached hydrogen (secondary N) is 1. The molecule has 0 aliphatic rings. The normalized spacial score (nSPS) is 11.6. The molecule has 0 aromatic carbocycles. The van der Waals surface area contributed by atoms with Crippen LogP contribution in [0.3, 0.4) is 0 Å². The molecule has 0 aliphatic heterocycles. The van der Waals surface area contributed by atoms with Gasteiger partial charge in [-0.2, -0.15) is 0 Å². The highest BCUT2D eigenvalue weighted by molar-refractivity contribution is 4.56. The van der Waals surface area contributed by atoms with Crippen molar-refractivity contribution in [3.63, 3.8) is 0 Å². The lowest BCUT2D eigenvalue weighted by molar-refractivity contribution is 0.316. The smallest absolute Gasteiger partial charge is 0.00103 e. The quantitative estimate of drug-likeness (QED) is 0.546. The Morgan fingerprint density at radius 1 is 0.938 bits per heavy atom. The van der Waals surface area contributed by atoms with Gasteiger partial charge in [0.05, 0.1) is 0 Å². The van der Waals surface area contributed by atoms with E-state index in [2.05, 4.69) is 38.0 Å². The van der Waals surface area contributed by atoms with Gasteiger partial charge in [-0.1, -0.05) is 40.0 Å². The molecule has 0 amide bonds. The summed E-state index contributed by atoms with van der Waals surface area (Å²) in [5.41, 5.74) is 0. The molecular formula is C14H32N2. The third-order valence-electron chi connectivity index (χ3n) is 2.91. The molecular weight excluding hydrogens is 196 g/mol. The Kier molecular flexibility index (Phi) is 11.3. The average Bonchev–Trinajstić information content (AvgIpc) is 2.23. The molecule has 0 bridgehead atoms. The van der Waals surface area contributed by atoms with Crippen molar-refractivity contribution in [2.24, 2.45) is 0 Å². The maximum absolute atomic E-state index is 3.46. The summed E-state index contributed by atoms with van der Waals surface area (Å²) in [6.45, 7) is 10.4. The number of rotatable bonds is 11. The number of hydrogen-bond donors (Lipinski definition) is 1. The Balaban J connectivity index is 3.12. The molecule has 0 rings (SSSR count). The fraction of sp³-hybridized carbons (Fsp3) is 1.00. The molecule has 0 aliphatic carbocycles. The number of nitrogens with zero attached hydrogens (tertiary/aromatic N) is 1. The molecule has 0 fully saturated rings. The van der Waals surface area contributed by atoms with Crippen LogP contribution in [0.25, 0.3) is 0 Å². The second-order valence-electron chi connectivity index (χ2n) is 5.18. The van der Waals surface area contributed by atoms with Crippen molar-refractivity contribution >= 4 is 0 Å². The van der Waals surface area contributed by atoms with Crippen molar-refractivity contribution < 1.29 is 0 Å². The second kappa shape index (κ2) is 11.4. The van der Waals surface area contributed by atoms with Gasteiger partial charge in [-0.15, -0.1) is 0 Å². The van der Waals surface area contributed by atoms with Crippen LogP contribution in [0.1, 0.15) is 59.3 Å². The van der Waals surface area contributed by atoms with E-state index in [1.165, 1.54) is 58.2 Å². The first-order valence-corrected chi connectivity index (χ1v) is 7.08. The van der Waals surface area contributed by atoms with Gasteiger partial charge in [0.25, 0.3) is 0 Å². The minimum absolute atomic E-state index is 0.636. The van der Waals surface area contributed by atoms with Crippen LogP contribution in [0.15, 0.2) is 0 Å². The molecule has 2 heteroatoms. The largest absolute Gasteiger partial charge is 0.315 e. The molecule has 98 valence electrons. The van der Waals surface area contributed by atoms with E-state index < -0.39 is 0 Å². The summed E-state index contributed by atoms with van der Waals surface area (Å²) in [7, 11) is 2.25. The summed E-state index contributed by atoms with van der Waals surface area (Å²) in [5, 5.41) is 3.46. The van der Waals surface area contributed by atoms with Crippen molar-refractivity contribution in [3.05, 3.63) is 0 Å². The molecule has 0 saturated carbocycles. The molecule has 2 nitrogen and oxygen atoms in total. The second-order valence-corrected chi connectivity index (χ2v) is 5.18. The zero-order valence-electron chi connectivity index (χ0n) is 11.9. The van der Waals surface area contributed by atoms with Gasteiger partial charge < -0.3 is 10.2 Å². The van der Waals surface area contributed by atoms with E-state index in [4.69, 9.17) is 0 Å². The highest BCUT2D eigenvalue weighted by Crippen LogP contribution is 2.00. The van der Waals surface area contributed by atoms with E-state index in [0.29, 0.717) is 6.04 Å². The van der Waals surface area contributed by atoms with Gasteiger partial charge in [-0.25, -0.2) is 0 Å². The first kappa shape index (κ1) is 15.9. The summed E-state index contributed by atoms with van der Waals surface area (Å²) in [5.74, 6) is 0. The lowest BCUT2D eigenvalue weighted by atomic mass is 10.2. The van der Waals surface area contributed by atoms with Gasteiger partial charge in [0.1, 0.15) is 0 Å². The SMILES string of the molecule is CCCCCN(C)CCCCCNC(C)C. The minimum atomic E-state index is 0.636. The van der Waals surface area contributed by atoms with Crippen molar-refractivity contribution in [2.45, 2.75) is 65.3 Å². The predicted octanol–water partition coefficient (Wildman–Crippen LogP) is 3.28. The Morgan fingerprint density at radius 2 is 1.56 bits per heavy atom. The Hall–Kier alpha value is -0.0800. The van der Waals surface area contributed by atoms with Gasteiger partial charge in [-0.3, -0.25) is 0 Å². The standard InChI is InChI=1S/C14H32N2/c1-5-6-9-12-16(4)13-10-7-8-11-15-14(2)3/h14-15H,5-13H2,1-4H3. The fourth-order valence-electron chi connectivity index (χ4n) is 1.82. The fourth-order valence-corrected chi connectivity index (χ4v) is 1.82. The summed E-state index contributed by atoms with van der Waals surface area (Å²) in [6.07, 6.45) is 8.10. The molecule has 0 saturated heterocycles. The maximum Gasteiger partial charge on any atom is 0.00103 e. The van der Waals surface area contributed by atoms with Crippen molar-refractivity contribution in [1.82, 2.24) is 10.2 Å². The monoisotopic (exact) mass is 228 g/mol. The molecule has 0 heterocycles. The Morgan fingerprint density at radius 3 is 2.12 bits per heavy atom. The lowest BCUT2D eigenvalue weighted by Gasteiger charge is -2.16. The molecule has 0 aromatic rings. The highest BCUT2D eigenvalue weighted by atomic mass is 15.1. The summed E-state index contributed by atoms with van der Waals surface area (Å²) in [6, 6.07) is 0.636. The van der Waals surface area contributed by atoms with Gasteiger partial charge in [-0.05, 0) is 45.9 Å². The van der Waals surface area contributed by atoms with Crippen LogP contribution in [-0.4, -0.2) is 37.6 Å². The number of unbranched alkanes of at least 4 members (excludes halogenated alkanes) is 4. The van der Waals surface area contributed by atoms with Gasteiger partial charge in [0.2, 0.25) is 0 Å². The average molecular weight is 228 g/mol. The molecule has 0 spiro atoms. The first-order chi connectivity index (χ1) is 7.66. The van der Waals surface area contributed by atoms with Crippen LogP contribution >= 0.6 is 0 Å². The van der Waals surface area contributed by atoms with E-state index in [1.54, 1.807) is 0 Å². The van der Waals surface area contributed by atoms with Crippen LogP contribution in [0.4, 0.5) is 0 Å². The summed E-state index contributed by atoms with van der Waals surface area (Å²) >= 11 is 0. The molecule has 0 radical (unpaired) electrons. The molecule has 0 aromatic heterocycles. The van der Waals surface area contributed by atoms with E-state index in [1.807, 2.05) is 0 Å². The third kappa shape index (κ3) is 12.0. The minimum Gasteiger partial charge on any atom is -0.315 e. The molecule has 16 heavy (non-hydrogen) atoms. The van der Waals surface area contributed by atoms with Crippen molar-refractivity contribution in [2.75, 3.05) is 26.7 Å². The van der Waals surface area contributed by atoms with Crippen LogP contribution in [-0.2, 0) is 0 Å². The van der Waals surface area contributed by atoms with Gasteiger partial charge in [0.15, 0.2) is 0 Å². The Labute approximate surface area is 103 Å². The first-order valence-electron chi connectivity index (χ1n) is 7.08. The van der Waals surface area contributed by atoms with Crippen molar-refractivity contribution in [3.8, 4) is 0 Å². The van der Waals surface area contributed by atoms with Crippen LogP contribution in [0, 0.1) is 0 Å².